The first-order chi connectivity index (χ1) is 12.9. The second-order valence-electron chi connectivity index (χ2n) is 6.21. The number of nitrogens with two attached hydrogens (primary N) is 1. The molecule has 150 valence electrons. The number of fused-ring (bicyclic) bond motifs is 1. The predicted octanol–water partition coefficient (Wildman–Crippen LogP) is 5.16. The van der Waals surface area contributed by atoms with E-state index in [0.717, 1.165) is 21.8 Å². The fraction of sp³-hybridized carbons (Fsp3) is 0.474. The Hall–Kier alpha value is -1.57. The zero-order chi connectivity index (χ0) is 20.2. The third-order valence-corrected chi connectivity index (χ3v) is 4.98. The van der Waals surface area contributed by atoms with Gasteiger partial charge in [-0.05, 0) is 24.6 Å². The van der Waals surface area contributed by atoms with Crippen LogP contribution < -0.4 is 5.73 Å². The maximum absolute atomic E-state index is 12.3. The third-order valence-electron chi connectivity index (χ3n) is 3.91. The van der Waals surface area contributed by atoms with Crippen LogP contribution in [0.2, 0.25) is 5.02 Å². The fourth-order valence-corrected chi connectivity index (χ4v) is 2.94. The number of benzene rings is 1. The first kappa shape index (κ1) is 23.5. The van der Waals surface area contributed by atoms with Crippen molar-refractivity contribution in [1.29, 1.82) is 0 Å². The maximum Gasteiger partial charge on any atom is 0.278 e. The summed E-state index contributed by atoms with van der Waals surface area (Å²) in [5.41, 5.74) is 8.83. The summed E-state index contributed by atoms with van der Waals surface area (Å²) >= 11 is 3.33. The van der Waals surface area contributed by atoms with Crippen molar-refractivity contribution in [2.75, 3.05) is 5.73 Å². The monoisotopic (exact) mass is 414 g/mol. The van der Waals surface area contributed by atoms with Crippen molar-refractivity contribution in [1.82, 2.24) is 14.3 Å². The van der Waals surface area contributed by atoms with Crippen LogP contribution in [0.4, 0.5) is 9.57 Å². The SMILES string of the molecule is CCCCCC.Cc1ccc(N)cc1Cl.O=S(F)N1Cc2cncnc2C1. The minimum Gasteiger partial charge on any atom is -0.399 e. The highest BCUT2D eigenvalue weighted by atomic mass is 35.5. The lowest BCUT2D eigenvalue weighted by atomic mass is 10.2. The Morgan fingerprint density at radius 1 is 1.26 bits per heavy atom. The Labute approximate surface area is 169 Å². The number of unbranched alkanes of at least 4 members (excludes halogenated alkanes) is 3. The molecule has 0 bridgehead atoms. The first-order valence-electron chi connectivity index (χ1n) is 9.01. The van der Waals surface area contributed by atoms with Crippen molar-refractivity contribution in [3.05, 3.63) is 52.6 Å². The topological polar surface area (TPSA) is 72.1 Å². The molecule has 3 rings (SSSR count). The van der Waals surface area contributed by atoms with Crippen LogP contribution >= 0.6 is 11.6 Å². The summed E-state index contributed by atoms with van der Waals surface area (Å²) < 4.78 is 24.0. The molecule has 27 heavy (non-hydrogen) atoms. The second-order valence-corrected chi connectivity index (χ2v) is 7.55. The van der Waals surface area contributed by atoms with E-state index in [0.29, 0.717) is 18.8 Å². The Kier molecular flexibility index (Phi) is 11.1. The molecule has 0 spiro atoms. The molecule has 0 amide bonds. The van der Waals surface area contributed by atoms with Crippen molar-refractivity contribution in [3.8, 4) is 0 Å². The van der Waals surface area contributed by atoms with Crippen molar-refractivity contribution in [2.24, 2.45) is 0 Å². The molecule has 0 aliphatic carbocycles. The van der Waals surface area contributed by atoms with E-state index < -0.39 is 11.4 Å². The van der Waals surface area contributed by atoms with E-state index in [4.69, 9.17) is 17.3 Å². The summed E-state index contributed by atoms with van der Waals surface area (Å²) in [6.45, 7) is 7.05. The molecule has 0 saturated carbocycles. The van der Waals surface area contributed by atoms with Crippen LogP contribution in [0.3, 0.4) is 0 Å². The van der Waals surface area contributed by atoms with Crippen molar-refractivity contribution in [2.45, 2.75) is 59.5 Å². The summed E-state index contributed by atoms with van der Waals surface area (Å²) in [5.74, 6) is 0. The van der Waals surface area contributed by atoms with Gasteiger partial charge in [0.1, 0.15) is 6.33 Å². The smallest absolute Gasteiger partial charge is 0.278 e. The lowest BCUT2D eigenvalue weighted by molar-refractivity contribution is 0.447. The average Bonchev–Trinajstić information content (AvgIpc) is 3.09. The van der Waals surface area contributed by atoms with Crippen LogP contribution in [0.25, 0.3) is 0 Å². The first-order valence-corrected chi connectivity index (χ1v) is 10.4. The van der Waals surface area contributed by atoms with Gasteiger partial charge in [0, 0.05) is 29.0 Å². The molecule has 2 N–H and O–H groups in total. The molecule has 2 aromatic rings. The van der Waals surface area contributed by atoms with E-state index in [9.17, 15) is 8.09 Å². The number of halogens is 2. The van der Waals surface area contributed by atoms with E-state index in [2.05, 4.69) is 23.8 Å². The molecule has 2 heterocycles. The Morgan fingerprint density at radius 3 is 2.41 bits per heavy atom. The van der Waals surface area contributed by atoms with Gasteiger partial charge in [-0.3, -0.25) is 0 Å². The average molecular weight is 415 g/mol. The molecule has 1 atom stereocenters. The van der Waals surface area contributed by atoms with Gasteiger partial charge in [0.25, 0.3) is 11.4 Å². The molecule has 1 aromatic carbocycles. The van der Waals surface area contributed by atoms with Crippen LogP contribution in [-0.4, -0.2) is 18.5 Å². The minimum atomic E-state index is -2.40. The molecule has 1 aromatic heterocycles. The zero-order valence-corrected chi connectivity index (χ0v) is 17.7. The molecule has 5 nitrogen and oxygen atoms in total. The van der Waals surface area contributed by atoms with Crippen LogP contribution in [-0.2, 0) is 24.5 Å². The minimum absolute atomic E-state index is 0.307. The van der Waals surface area contributed by atoms with Gasteiger partial charge < -0.3 is 5.73 Å². The number of hydrogen-bond donors (Lipinski definition) is 1. The molecule has 0 radical (unpaired) electrons. The molecule has 0 fully saturated rings. The Balaban J connectivity index is 0.000000217. The molecule has 1 unspecified atom stereocenters. The second kappa shape index (κ2) is 12.8. The highest BCUT2D eigenvalue weighted by Crippen LogP contribution is 2.20. The zero-order valence-electron chi connectivity index (χ0n) is 16.1. The van der Waals surface area contributed by atoms with E-state index in [1.807, 2.05) is 19.1 Å². The number of nitrogen functional groups attached to an aromatic ring is 1. The lowest BCUT2D eigenvalue weighted by Crippen LogP contribution is -2.15. The van der Waals surface area contributed by atoms with E-state index in [1.165, 1.54) is 36.3 Å². The van der Waals surface area contributed by atoms with E-state index in [1.54, 1.807) is 12.3 Å². The van der Waals surface area contributed by atoms with Crippen LogP contribution in [0.5, 0.6) is 0 Å². The standard InChI is InChI=1S/C7H8ClN.C6H6FN3OS.C6H14/c1-5-2-3-6(9)4-7(5)8;7-12(11)10-2-5-1-8-4-9-6(5)3-10;1-3-5-6-4-2/h2-4H,9H2,1H3;1,4H,2-3H2;3-6H2,1-2H3. The molecule has 8 heteroatoms. The van der Waals surface area contributed by atoms with Crippen LogP contribution in [0.1, 0.15) is 56.4 Å². The number of nitrogens with zero attached hydrogens (tertiary/aromatic N) is 3. The summed E-state index contributed by atoms with van der Waals surface area (Å²) in [4.78, 5) is 7.73. The summed E-state index contributed by atoms with van der Waals surface area (Å²) in [6.07, 6.45) is 8.56. The van der Waals surface area contributed by atoms with Gasteiger partial charge in [0.15, 0.2) is 0 Å². The predicted molar refractivity (Wildman–Crippen MR) is 111 cm³/mol. The van der Waals surface area contributed by atoms with Crippen LogP contribution in [0, 0.1) is 6.92 Å². The van der Waals surface area contributed by atoms with Gasteiger partial charge in [-0.1, -0.05) is 57.2 Å². The van der Waals surface area contributed by atoms with E-state index in [-0.39, 0.29) is 0 Å². The summed E-state index contributed by atoms with van der Waals surface area (Å²) in [7, 11) is 0. The quantitative estimate of drug-likeness (QED) is 0.426. The Morgan fingerprint density at radius 2 is 1.93 bits per heavy atom. The number of anilines is 1. The Bertz CT molecular complexity index is 704. The van der Waals surface area contributed by atoms with Crippen LogP contribution in [0.15, 0.2) is 30.7 Å². The molecule has 1 aliphatic rings. The third kappa shape index (κ3) is 8.77. The number of aryl methyl sites for hydroxylation is 1. The number of hydrogen-bond acceptors (Lipinski definition) is 4. The normalized spacial score (nSPS) is 13.7. The van der Waals surface area contributed by atoms with Gasteiger partial charge in [0.2, 0.25) is 0 Å². The largest absolute Gasteiger partial charge is 0.399 e. The summed E-state index contributed by atoms with van der Waals surface area (Å²) in [5, 5.41) is 0.731. The number of rotatable bonds is 4. The number of aromatic nitrogens is 2. The maximum atomic E-state index is 12.3. The van der Waals surface area contributed by atoms with Gasteiger partial charge in [-0.15, -0.1) is 3.89 Å². The lowest BCUT2D eigenvalue weighted by Gasteiger charge is -2.03. The van der Waals surface area contributed by atoms with E-state index >= 15 is 0 Å². The van der Waals surface area contributed by atoms with Gasteiger partial charge in [-0.25, -0.2) is 14.2 Å². The molecular weight excluding hydrogens is 387 g/mol. The van der Waals surface area contributed by atoms with Crippen molar-refractivity contribution < 1.29 is 8.09 Å². The summed E-state index contributed by atoms with van der Waals surface area (Å²) in [6, 6.07) is 5.48. The van der Waals surface area contributed by atoms with Gasteiger partial charge >= 0.3 is 0 Å². The van der Waals surface area contributed by atoms with Gasteiger partial charge in [-0.2, -0.15) is 4.31 Å². The highest BCUT2D eigenvalue weighted by Gasteiger charge is 2.24. The molecular formula is C19H28ClFN4OS. The van der Waals surface area contributed by atoms with Crippen molar-refractivity contribution in [3.63, 3.8) is 0 Å². The molecule has 0 saturated heterocycles. The van der Waals surface area contributed by atoms with Crippen molar-refractivity contribution >= 4 is 28.7 Å². The molecule has 1 aliphatic heterocycles. The fourth-order valence-electron chi connectivity index (χ4n) is 2.28. The highest BCUT2D eigenvalue weighted by molar-refractivity contribution is 7.77. The van der Waals surface area contributed by atoms with Gasteiger partial charge in [0.05, 0.1) is 12.2 Å².